The molecule has 0 unspecified atom stereocenters. The number of rotatable bonds is 5. The first-order valence-electron chi connectivity index (χ1n) is 9.35. The van der Waals surface area contributed by atoms with Gasteiger partial charge in [-0.1, -0.05) is 41.4 Å². The summed E-state index contributed by atoms with van der Waals surface area (Å²) in [7, 11) is 0. The summed E-state index contributed by atoms with van der Waals surface area (Å²) in [6.07, 6.45) is 1.89. The summed E-state index contributed by atoms with van der Waals surface area (Å²) in [6.45, 7) is 5.45. The average molecular weight is 401 g/mol. The molecule has 1 fully saturated rings. The Bertz CT molecular complexity index is 939. The molecule has 27 heavy (non-hydrogen) atoms. The van der Waals surface area contributed by atoms with Crippen molar-refractivity contribution in [1.82, 2.24) is 20.2 Å². The Morgan fingerprint density at radius 3 is 2.63 bits per heavy atom. The molecule has 6 heteroatoms. The van der Waals surface area contributed by atoms with Gasteiger partial charge in [0.2, 0.25) is 0 Å². The van der Waals surface area contributed by atoms with Gasteiger partial charge in [-0.05, 0) is 37.2 Å². The van der Waals surface area contributed by atoms with Crippen LogP contribution in [0, 0.1) is 0 Å². The first kappa shape index (κ1) is 18.6. The Balaban J connectivity index is 1.64. The maximum absolute atomic E-state index is 6.45. The van der Waals surface area contributed by atoms with E-state index >= 15 is 0 Å². The number of halogens is 2. The number of hydrogen-bond donors (Lipinski definition) is 1. The number of benzene rings is 2. The van der Waals surface area contributed by atoms with Crippen molar-refractivity contribution in [3.8, 4) is 11.3 Å². The number of nitrogens with zero attached hydrogens (tertiary/aromatic N) is 3. The van der Waals surface area contributed by atoms with E-state index < -0.39 is 0 Å². The number of fused-ring (bicyclic) bond motifs is 1. The zero-order valence-electron chi connectivity index (χ0n) is 15.1. The monoisotopic (exact) mass is 400 g/mol. The minimum atomic E-state index is 0.672. The Morgan fingerprint density at radius 2 is 1.81 bits per heavy atom. The van der Waals surface area contributed by atoms with E-state index in [1.54, 1.807) is 0 Å². The van der Waals surface area contributed by atoms with E-state index in [1.807, 2.05) is 42.5 Å². The van der Waals surface area contributed by atoms with Crippen molar-refractivity contribution in [2.75, 3.05) is 32.7 Å². The molecule has 0 atom stereocenters. The van der Waals surface area contributed by atoms with Crippen LogP contribution in [0.15, 0.2) is 42.5 Å². The summed E-state index contributed by atoms with van der Waals surface area (Å²) in [5.41, 5.74) is 2.67. The second-order valence-corrected chi connectivity index (χ2v) is 7.67. The zero-order chi connectivity index (χ0) is 18.6. The molecular formula is C21H22Cl2N4. The van der Waals surface area contributed by atoms with Crippen molar-refractivity contribution in [1.29, 1.82) is 0 Å². The van der Waals surface area contributed by atoms with Gasteiger partial charge in [-0.3, -0.25) is 0 Å². The first-order chi connectivity index (χ1) is 13.2. The fourth-order valence-electron chi connectivity index (χ4n) is 3.51. The molecule has 1 N–H and O–H groups in total. The third-order valence-corrected chi connectivity index (χ3v) is 5.48. The standard InChI is InChI=1S/C21H22Cl2N4/c22-15-7-8-19-17(14-15)21(16-4-1-2-5-18(16)23)26-20(25-19)6-3-11-27-12-9-24-10-13-27/h1-2,4-5,7-8,14,24H,3,6,9-13H2. The number of aromatic nitrogens is 2. The summed E-state index contributed by atoms with van der Waals surface area (Å²) >= 11 is 12.7. The predicted octanol–water partition coefficient (Wildman–Crippen LogP) is 4.44. The van der Waals surface area contributed by atoms with E-state index in [4.69, 9.17) is 33.2 Å². The molecule has 0 bridgehead atoms. The van der Waals surface area contributed by atoms with Crippen LogP contribution >= 0.6 is 23.2 Å². The van der Waals surface area contributed by atoms with E-state index in [-0.39, 0.29) is 0 Å². The van der Waals surface area contributed by atoms with Gasteiger partial charge in [0.1, 0.15) is 5.82 Å². The van der Waals surface area contributed by atoms with Crippen molar-refractivity contribution in [3.63, 3.8) is 0 Å². The van der Waals surface area contributed by atoms with Crippen molar-refractivity contribution >= 4 is 34.1 Å². The van der Waals surface area contributed by atoms with Crippen LogP contribution in [0.25, 0.3) is 22.2 Å². The lowest BCUT2D eigenvalue weighted by atomic mass is 10.1. The molecule has 140 valence electrons. The highest BCUT2D eigenvalue weighted by atomic mass is 35.5. The maximum atomic E-state index is 6.45. The van der Waals surface area contributed by atoms with Crippen LogP contribution in [0.1, 0.15) is 12.2 Å². The van der Waals surface area contributed by atoms with E-state index in [2.05, 4.69) is 10.2 Å². The molecule has 0 radical (unpaired) electrons. The smallest absolute Gasteiger partial charge is 0.129 e. The molecule has 1 saturated heterocycles. The van der Waals surface area contributed by atoms with Gasteiger partial charge < -0.3 is 10.2 Å². The molecule has 2 heterocycles. The molecule has 0 saturated carbocycles. The van der Waals surface area contributed by atoms with Gasteiger partial charge in [-0.25, -0.2) is 9.97 Å². The number of nitrogens with one attached hydrogen (secondary N) is 1. The molecule has 3 aromatic rings. The average Bonchev–Trinajstić information content (AvgIpc) is 2.69. The summed E-state index contributed by atoms with van der Waals surface area (Å²) in [6, 6.07) is 13.5. The zero-order valence-corrected chi connectivity index (χ0v) is 16.6. The highest BCUT2D eigenvalue weighted by molar-refractivity contribution is 6.34. The molecule has 4 nitrogen and oxygen atoms in total. The van der Waals surface area contributed by atoms with Crippen LogP contribution < -0.4 is 5.32 Å². The van der Waals surface area contributed by atoms with E-state index in [1.165, 1.54) is 0 Å². The third kappa shape index (κ3) is 4.41. The second-order valence-electron chi connectivity index (χ2n) is 6.82. The molecule has 4 rings (SSSR count). The van der Waals surface area contributed by atoms with Gasteiger partial charge >= 0.3 is 0 Å². The molecule has 1 aromatic heterocycles. The number of hydrogen-bond acceptors (Lipinski definition) is 4. The summed E-state index contributed by atoms with van der Waals surface area (Å²) in [5.74, 6) is 0.856. The summed E-state index contributed by atoms with van der Waals surface area (Å²) in [4.78, 5) is 12.1. The lowest BCUT2D eigenvalue weighted by Gasteiger charge is -2.26. The van der Waals surface area contributed by atoms with E-state index in [0.717, 1.165) is 73.6 Å². The minimum Gasteiger partial charge on any atom is -0.314 e. The molecule has 1 aliphatic rings. The van der Waals surface area contributed by atoms with Gasteiger partial charge in [0.15, 0.2) is 0 Å². The highest BCUT2D eigenvalue weighted by Crippen LogP contribution is 2.32. The maximum Gasteiger partial charge on any atom is 0.129 e. The second kappa shape index (κ2) is 8.53. The van der Waals surface area contributed by atoms with Crippen LogP contribution in [0.2, 0.25) is 10.0 Å². The van der Waals surface area contributed by atoms with E-state index in [9.17, 15) is 0 Å². The molecular weight excluding hydrogens is 379 g/mol. The van der Waals surface area contributed by atoms with Crippen molar-refractivity contribution in [2.24, 2.45) is 0 Å². The first-order valence-corrected chi connectivity index (χ1v) is 10.1. The van der Waals surface area contributed by atoms with Crippen molar-refractivity contribution < 1.29 is 0 Å². The van der Waals surface area contributed by atoms with Gasteiger partial charge in [0.05, 0.1) is 11.2 Å². The molecule has 1 aliphatic heterocycles. The number of aryl methyl sites for hydroxylation is 1. The Morgan fingerprint density at radius 1 is 1.00 bits per heavy atom. The topological polar surface area (TPSA) is 41.1 Å². The third-order valence-electron chi connectivity index (χ3n) is 4.92. The van der Waals surface area contributed by atoms with Gasteiger partial charge in [-0.15, -0.1) is 0 Å². The van der Waals surface area contributed by atoms with Crippen LogP contribution in [0.4, 0.5) is 0 Å². The molecule has 0 spiro atoms. The normalized spacial score (nSPS) is 15.3. The fourth-order valence-corrected chi connectivity index (χ4v) is 3.91. The molecule has 0 amide bonds. The largest absolute Gasteiger partial charge is 0.314 e. The lowest BCUT2D eigenvalue weighted by Crippen LogP contribution is -2.43. The Hall–Kier alpha value is -1.72. The molecule has 2 aromatic carbocycles. The van der Waals surface area contributed by atoms with Crippen molar-refractivity contribution in [3.05, 3.63) is 58.3 Å². The number of piperazine rings is 1. The van der Waals surface area contributed by atoms with Crippen LogP contribution in [-0.4, -0.2) is 47.6 Å². The quantitative estimate of drug-likeness (QED) is 0.686. The minimum absolute atomic E-state index is 0.672. The van der Waals surface area contributed by atoms with Gasteiger partial charge in [0.25, 0.3) is 0 Å². The highest BCUT2D eigenvalue weighted by Gasteiger charge is 2.14. The van der Waals surface area contributed by atoms with Crippen LogP contribution in [0.5, 0.6) is 0 Å². The summed E-state index contributed by atoms with van der Waals surface area (Å²) in [5, 5.41) is 5.68. The Kier molecular flexibility index (Phi) is 5.89. The fraction of sp³-hybridized carbons (Fsp3) is 0.333. The predicted molar refractivity (Wildman–Crippen MR) is 113 cm³/mol. The SMILES string of the molecule is Clc1ccc2nc(CCCN3CCNCC3)nc(-c3ccccc3Cl)c2c1. The van der Waals surface area contributed by atoms with E-state index in [0.29, 0.717) is 10.0 Å². The van der Waals surface area contributed by atoms with Gasteiger partial charge in [-0.2, -0.15) is 0 Å². The van der Waals surface area contributed by atoms with Crippen LogP contribution in [-0.2, 0) is 6.42 Å². The van der Waals surface area contributed by atoms with Crippen molar-refractivity contribution in [2.45, 2.75) is 12.8 Å². The van der Waals surface area contributed by atoms with Gasteiger partial charge in [0, 0.05) is 53.6 Å². The molecule has 0 aliphatic carbocycles. The Labute approximate surface area is 169 Å². The lowest BCUT2D eigenvalue weighted by molar-refractivity contribution is 0.238. The summed E-state index contributed by atoms with van der Waals surface area (Å²) < 4.78 is 0. The van der Waals surface area contributed by atoms with Crippen LogP contribution in [0.3, 0.4) is 0 Å².